The molecule has 84 valence electrons. The molecule has 0 unspecified atom stereocenters. The Kier molecular flexibility index (Phi) is 6.35. The second-order valence-electron chi connectivity index (χ2n) is 3.32. The van der Waals surface area contributed by atoms with Crippen LogP contribution in [0.4, 0.5) is 0 Å². The van der Waals surface area contributed by atoms with E-state index in [1.54, 1.807) is 18.2 Å². The molecule has 0 fully saturated rings. The quantitative estimate of drug-likeness (QED) is 0.485. The minimum absolute atomic E-state index is 0. The van der Waals surface area contributed by atoms with Gasteiger partial charge in [-0.05, 0) is 4.90 Å². The molecule has 1 aromatic rings. The molecule has 0 radical (unpaired) electrons. The topological polar surface area (TPSA) is 37.4 Å². The summed E-state index contributed by atoms with van der Waals surface area (Å²) < 4.78 is 25.4. The van der Waals surface area contributed by atoms with Gasteiger partial charge in [-0.15, -0.1) is 0 Å². The monoisotopic (exact) mass is 233 g/mol. The standard InChI is InChI=1S/C11H16NO2S.Li/c1-4-12(5-2)15(13,14)11-8-6-10(3)7-9-11;/h6-8H,4-5H2,1-3H3;/q-1;+1. The van der Waals surface area contributed by atoms with Crippen LogP contribution in [-0.2, 0) is 10.0 Å². The minimum Gasteiger partial charge on any atom is -0.209 e. The van der Waals surface area contributed by atoms with Crippen molar-refractivity contribution in [1.29, 1.82) is 0 Å². The third-order valence-corrected chi connectivity index (χ3v) is 4.27. The van der Waals surface area contributed by atoms with Crippen LogP contribution in [0.15, 0.2) is 23.1 Å². The van der Waals surface area contributed by atoms with Gasteiger partial charge in [0.15, 0.2) is 0 Å². The van der Waals surface area contributed by atoms with Crippen LogP contribution in [0.3, 0.4) is 0 Å². The molecular weight excluding hydrogens is 217 g/mol. The minimum atomic E-state index is -3.34. The summed E-state index contributed by atoms with van der Waals surface area (Å²) in [5, 5.41) is 0. The molecule has 0 bridgehead atoms. The molecule has 1 rings (SSSR count). The van der Waals surface area contributed by atoms with Gasteiger partial charge in [0.2, 0.25) is 10.0 Å². The van der Waals surface area contributed by atoms with Crippen LogP contribution in [0.5, 0.6) is 0 Å². The van der Waals surface area contributed by atoms with Crippen LogP contribution in [0.2, 0.25) is 0 Å². The number of rotatable bonds is 4. The molecule has 0 saturated carbocycles. The molecule has 1 aromatic carbocycles. The number of hydrogen-bond acceptors (Lipinski definition) is 2. The molecule has 3 nitrogen and oxygen atoms in total. The predicted octanol–water partition coefficient (Wildman–Crippen LogP) is -1.17. The molecule has 0 N–H and O–H groups in total. The van der Waals surface area contributed by atoms with Gasteiger partial charge in [0.05, 0.1) is 0 Å². The average Bonchev–Trinajstić information content (AvgIpc) is 2.19. The molecule has 0 aliphatic carbocycles. The number of sulfonamides is 1. The maximum Gasteiger partial charge on any atom is 1.00 e. The van der Waals surface area contributed by atoms with E-state index in [0.29, 0.717) is 13.1 Å². The summed E-state index contributed by atoms with van der Waals surface area (Å²) in [5.41, 5.74) is 1.01. The maximum atomic E-state index is 12.0. The van der Waals surface area contributed by atoms with Crippen LogP contribution in [0, 0.1) is 13.0 Å². The molecule has 16 heavy (non-hydrogen) atoms. The zero-order chi connectivity index (χ0) is 11.5. The first-order valence-corrected chi connectivity index (χ1v) is 6.44. The van der Waals surface area contributed by atoms with Crippen LogP contribution < -0.4 is 18.9 Å². The van der Waals surface area contributed by atoms with Gasteiger partial charge in [-0.25, -0.2) is 12.7 Å². The summed E-state index contributed by atoms with van der Waals surface area (Å²) in [4.78, 5) is 0.247. The molecular formula is C11H16LiNO2S. The van der Waals surface area contributed by atoms with Gasteiger partial charge in [0, 0.05) is 13.1 Å². The van der Waals surface area contributed by atoms with Gasteiger partial charge in [-0.3, -0.25) is 0 Å². The van der Waals surface area contributed by atoms with Gasteiger partial charge in [-0.1, -0.05) is 20.8 Å². The molecule has 5 heteroatoms. The van der Waals surface area contributed by atoms with Gasteiger partial charge in [0.25, 0.3) is 0 Å². The predicted molar refractivity (Wildman–Crippen MR) is 60.1 cm³/mol. The van der Waals surface area contributed by atoms with Crippen molar-refractivity contribution in [3.8, 4) is 0 Å². The third-order valence-electron chi connectivity index (χ3n) is 2.26. The smallest absolute Gasteiger partial charge is 0.209 e. The van der Waals surface area contributed by atoms with Crippen molar-refractivity contribution in [3.05, 3.63) is 29.8 Å². The van der Waals surface area contributed by atoms with Crippen LogP contribution in [0.25, 0.3) is 0 Å². The first-order chi connectivity index (χ1) is 7.02. The van der Waals surface area contributed by atoms with Crippen molar-refractivity contribution in [2.45, 2.75) is 25.7 Å². The summed E-state index contributed by atoms with van der Waals surface area (Å²) in [5.74, 6) is 0. The Bertz CT molecular complexity index is 410. The normalized spacial score (nSPS) is 11.2. The Morgan fingerprint density at radius 2 is 1.81 bits per heavy atom. The molecule has 0 saturated heterocycles. The first-order valence-electron chi connectivity index (χ1n) is 5.00. The third kappa shape index (κ3) is 3.36. The summed E-state index contributed by atoms with van der Waals surface area (Å²) in [7, 11) is -3.34. The molecule has 0 spiro atoms. The molecule has 0 heterocycles. The van der Waals surface area contributed by atoms with Crippen molar-refractivity contribution < 1.29 is 27.3 Å². The molecule has 0 amide bonds. The van der Waals surface area contributed by atoms with Gasteiger partial charge in [0.1, 0.15) is 0 Å². The largest absolute Gasteiger partial charge is 1.00 e. The Hall–Kier alpha value is -0.273. The second kappa shape index (κ2) is 6.46. The zero-order valence-corrected chi connectivity index (χ0v) is 11.1. The zero-order valence-electron chi connectivity index (χ0n) is 10.3. The average molecular weight is 233 g/mol. The first kappa shape index (κ1) is 15.7. The van der Waals surface area contributed by atoms with E-state index in [9.17, 15) is 8.42 Å². The van der Waals surface area contributed by atoms with Crippen molar-refractivity contribution in [2.75, 3.05) is 13.1 Å². The summed E-state index contributed by atoms with van der Waals surface area (Å²) in [6.45, 7) is 6.54. The van der Waals surface area contributed by atoms with E-state index in [4.69, 9.17) is 0 Å². The van der Waals surface area contributed by atoms with Gasteiger partial charge < -0.3 is 0 Å². The van der Waals surface area contributed by atoms with Crippen LogP contribution in [0.1, 0.15) is 19.4 Å². The fourth-order valence-electron chi connectivity index (χ4n) is 1.35. The van der Waals surface area contributed by atoms with E-state index in [1.807, 2.05) is 20.8 Å². The van der Waals surface area contributed by atoms with Crippen molar-refractivity contribution in [1.82, 2.24) is 4.31 Å². The fraction of sp³-hybridized carbons (Fsp3) is 0.455. The van der Waals surface area contributed by atoms with Gasteiger partial charge in [-0.2, -0.15) is 29.8 Å². The fourth-order valence-corrected chi connectivity index (χ4v) is 2.76. The van der Waals surface area contributed by atoms with E-state index in [0.717, 1.165) is 5.56 Å². The second-order valence-corrected chi connectivity index (χ2v) is 5.23. The summed E-state index contributed by atoms with van der Waals surface area (Å²) in [6, 6.07) is 7.87. The van der Waals surface area contributed by atoms with Crippen LogP contribution in [-0.4, -0.2) is 25.8 Å². The number of hydrogen-bond donors (Lipinski definition) is 0. The Labute approximate surface area is 110 Å². The number of benzene rings is 1. The van der Waals surface area contributed by atoms with E-state index in [-0.39, 0.29) is 23.8 Å². The maximum absolute atomic E-state index is 12.0. The van der Waals surface area contributed by atoms with E-state index < -0.39 is 10.0 Å². The Balaban J connectivity index is 0.00000225. The van der Waals surface area contributed by atoms with Crippen molar-refractivity contribution in [2.24, 2.45) is 0 Å². The van der Waals surface area contributed by atoms with Crippen molar-refractivity contribution in [3.63, 3.8) is 0 Å². The van der Waals surface area contributed by atoms with E-state index in [1.165, 1.54) is 4.31 Å². The molecule has 0 atom stereocenters. The van der Waals surface area contributed by atoms with Crippen LogP contribution >= 0.6 is 0 Å². The van der Waals surface area contributed by atoms with E-state index in [2.05, 4.69) is 6.07 Å². The number of nitrogens with zero attached hydrogens (tertiary/aromatic N) is 1. The summed E-state index contributed by atoms with van der Waals surface area (Å²) in [6.07, 6.45) is 0. The Morgan fingerprint density at radius 1 is 1.25 bits per heavy atom. The van der Waals surface area contributed by atoms with Gasteiger partial charge >= 0.3 is 18.9 Å². The van der Waals surface area contributed by atoms with Crippen molar-refractivity contribution >= 4 is 10.0 Å². The van der Waals surface area contributed by atoms with E-state index >= 15 is 0 Å². The molecule has 0 aliphatic heterocycles. The molecule has 0 aromatic heterocycles. The summed E-state index contributed by atoms with van der Waals surface area (Å²) >= 11 is 0. The number of aryl methyl sites for hydroxylation is 1. The SMILES string of the molecule is CCN(CC)S(=O)(=O)c1[c-]cc(C)cc1.[Li+]. The molecule has 0 aliphatic rings. The Morgan fingerprint density at radius 3 is 2.19 bits per heavy atom.